The molecule has 2 N–H and O–H groups in total. The van der Waals surface area contributed by atoms with Gasteiger partial charge in [0.1, 0.15) is 17.2 Å². The van der Waals surface area contributed by atoms with E-state index in [1.165, 1.54) is 0 Å². The van der Waals surface area contributed by atoms with E-state index in [-0.39, 0.29) is 11.5 Å². The van der Waals surface area contributed by atoms with E-state index >= 15 is 0 Å². The average Bonchev–Trinajstić information content (AvgIpc) is 2.56. The van der Waals surface area contributed by atoms with E-state index in [2.05, 4.69) is 5.10 Å². The lowest BCUT2D eigenvalue weighted by molar-refractivity contribution is 0.106. The van der Waals surface area contributed by atoms with Crippen LogP contribution in [0.25, 0.3) is 0 Å². The molecular formula is C16H16N2O3. The van der Waals surface area contributed by atoms with Crippen molar-refractivity contribution in [2.45, 2.75) is 0 Å². The number of ketones is 1. The van der Waals surface area contributed by atoms with E-state index in [0.717, 1.165) is 0 Å². The van der Waals surface area contributed by atoms with Gasteiger partial charge in [0.25, 0.3) is 0 Å². The normalized spacial score (nSPS) is 11.0. The Morgan fingerprint density at radius 1 is 0.857 bits per heavy atom. The number of nitrogens with zero attached hydrogens (tertiary/aromatic N) is 1. The van der Waals surface area contributed by atoms with E-state index in [9.17, 15) is 4.79 Å². The zero-order valence-electron chi connectivity index (χ0n) is 11.9. The van der Waals surface area contributed by atoms with Crippen LogP contribution < -0.4 is 15.3 Å². The van der Waals surface area contributed by atoms with Gasteiger partial charge in [0.05, 0.1) is 14.2 Å². The number of hydrogen-bond acceptors (Lipinski definition) is 5. The topological polar surface area (TPSA) is 73.9 Å². The van der Waals surface area contributed by atoms with Gasteiger partial charge in [0.15, 0.2) is 0 Å². The average molecular weight is 284 g/mol. The molecule has 108 valence electrons. The Morgan fingerprint density at radius 3 is 1.67 bits per heavy atom. The van der Waals surface area contributed by atoms with Crippen molar-refractivity contribution in [2.75, 3.05) is 14.2 Å². The monoisotopic (exact) mass is 284 g/mol. The highest BCUT2D eigenvalue weighted by Gasteiger charge is 2.16. The fourth-order valence-electron chi connectivity index (χ4n) is 1.89. The minimum Gasteiger partial charge on any atom is -0.497 e. The molecule has 2 aromatic carbocycles. The van der Waals surface area contributed by atoms with Crippen LogP contribution in [0.3, 0.4) is 0 Å². The van der Waals surface area contributed by atoms with Crippen molar-refractivity contribution in [3.05, 3.63) is 59.7 Å². The summed E-state index contributed by atoms with van der Waals surface area (Å²) in [7, 11) is 3.15. The fourth-order valence-corrected chi connectivity index (χ4v) is 1.89. The Morgan fingerprint density at radius 2 is 1.29 bits per heavy atom. The van der Waals surface area contributed by atoms with Crippen molar-refractivity contribution in [1.29, 1.82) is 0 Å². The first kappa shape index (κ1) is 14.6. The molecule has 21 heavy (non-hydrogen) atoms. The smallest absolute Gasteiger partial charge is 0.213 e. The van der Waals surface area contributed by atoms with Crippen LogP contribution >= 0.6 is 0 Å². The van der Waals surface area contributed by atoms with Crippen LogP contribution in [0.15, 0.2) is 53.6 Å². The zero-order chi connectivity index (χ0) is 15.2. The quantitative estimate of drug-likeness (QED) is 0.395. The van der Waals surface area contributed by atoms with Crippen LogP contribution in [-0.4, -0.2) is 25.7 Å². The van der Waals surface area contributed by atoms with Gasteiger partial charge in [0, 0.05) is 11.1 Å². The highest BCUT2D eigenvalue weighted by atomic mass is 16.5. The molecular weight excluding hydrogens is 268 g/mol. The molecule has 2 aromatic rings. The molecule has 0 saturated heterocycles. The maximum atomic E-state index is 12.4. The van der Waals surface area contributed by atoms with E-state index < -0.39 is 0 Å². The van der Waals surface area contributed by atoms with E-state index in [1.807, 2.05) is 0 Å². The molecule has 0 aliphatic carbocycles. The molecule has 0 amide bonds. The van der Waals surface area contributed by atoms with Crippen LogP contribution in [0.1, 0.15) is 15.9 Å². The van der Waals surface area contributed by atoms with Crippen molar-refractivity contribution >= 4 is 11.5 Å². The molecule has 0 spiro atoms. The van der Waals surface area contributed by atoms with Gasteiger partial charge in [-0.05, 0) is 48.5 Å². The van der Waals surface area contributed by atoms with Crippen molar-refractivity contribution < 1.29 is 14.3 Å². The SMILES string of the molecule is COc1ccc(C(=O)/C(=N\N)c2ccc(OC)cc2)cc1. The number of nitrogens with two attached hydrogens (primary N) is 1. The summed E-state index contributed by atoms with van der Waals surface area (Å²) in [6.07, 6.45) is 0. The lowest BCUT2D eigenvalue weighted by atomic mass is 10.0. The minimum atomic E-state index is -0.245. The Balaban J connectivity index is 2.29. The Bertz CT molecular complexity index is 646. The van der Waals surface area contributed by atoms with Gasteiger partial charge in [-0.3, -0.25) is 4.79 Å². The fraction of sp³-hybridized carbons (Fsp3) is 0.125. The number of carbonyl (C=O) groups excluding carboxylic acids is 1. The highest BCUT2D eigenvalue weighted by Crippen LogP contribution is 2.16. The molecule has 0 radical (unpaired) electrons. The van der Waals surface area contributed by atoms with E-state index in [0.29, 0.717) is 22.6 Å². The molecule has 0 bridgehead atoms. The zero-order valence-corrected chi connectivity index (χ0v) is 11.9. The predicted molar refractivity (Wildman–Crippen MR) is 81.0 cm³/mol. The number of benzene rings is 2. The molecule has 5 nitrogen and oxygen atoms in total. The lowest BCUT2D eigenvalue weighted by Crippen LogP contribution is -2.17. The predicted octanol–water partition coefficient (Wildman–Crippen LogP) is 2.25. The Labute approximate surface area is 123 Å². The number of Topliss-reactive ketones (excluding diaryl/α,β-unsaturated/α-hetero) is 1. The Hall–Kier alpha value is -2.82. The number of methoxy groups -OCH3 is 2. The molecule has 0 atom stereocenters. The first-order valence-corrected chi connectivity index (χ1v) is 6.30. The molecule has 5 heteroatoms. The van der Waals surface area contributed by atoms with Crippen LogP contribution in [-0.2, 0) is 0 Å². The summed E-state index contributed by atoms with van der Waals surface area (Å²) < 4.78 is 10.1. The molecule has 0 fully saturated rings. The molecule has 0 aliphatic heterocycles. The molecule has 0 heterocycles. The first-order chi connectivity index (χ1) is 10.2. The highest BCUT2D eigenvalue weighted by molar-refractivity contribution is 6.51. The van der Waals surface area contributed by atoms with Gasteiger partial charge in [-0.15, -0.1) is 0 Å². The summed E-state index contributed by atoms with van der Waals surface area (Å²) >= 11 is 0. The molecule has 2 rings (SSSR count). The summed E-state index contributed by atoms with van der Waals surface area (Å²) in [5, 5.41) is 3.63. The van der Waals surface area contributed by atoms with Gasteiger partial charge < -0.3 is 15.3 Å². The minimum absolute atomic E-state index is 0.197. The van der Waals surface area contributed by atoms with Crippen LogP contribution in [0.4, 0.5) is 0 Å². The third kappa shape index (κ3) is 3.20. The number of hydrazone groups is 1. The second kappa shape index (κ2) is 6.56. The standard InChI is InChI=1S/C16H16N2O3/c1-20-13-7-3-11(4-8-13)15(18-17)16(19)12-5-9-14(21-2)10-6-12/h3-10H,17H2,1-2H3/b18-15-. The van der Waals surface area contributed by atoms with Crippen molar-refractivity contribution in [3.63, 3.8) is 0 Å². The number of hydrogen-bond donors (Lipinski definition) is 1. The second-order valence-electron chi connectivity index (χ2n) is 4.26. The summed E-state index contributed by atoms with van der Waals surface area (Å²) in [5.41, 5.74) is 1.33. The Kier molecular flexibility index (Phi) is 4.56. The first-order valence-electron chi connectivity index (χ1n) is 6.30. The van der Waals surface area contributed by atoms with Gasteiger partial charge in [-0.2, -0.15) is 5.10 Å². The van der Waals surface area contributed by atoms with Crippen LogP contribution in [0.5, 0.6) is 11.5 Å². The maximum absolute atomic E-state index is 12.4. The van der Waals surface area contributed by atoms with Crippen molar-refractivity contribution in [3.8, 4) is 11.5 Å². The maximum Gasteiger partial charge on any atom is 0.213 e. The van der Waals surface area contributed by atoms with E-state index in [1.54, 1.807) is 62.8 Å². The molecule has 0 aromatic heterocycles. The lowest BCUT2D eigenvalue weighted by Gasteiger charge is -2.07. The summed E-state index contributed by atoms with van der Waals surface area (Å²) in [5.74, 6) is 6.52. The summed E-state index contributed by atoms with van der Waals surface area (Å²) in [4.78, 5) is 12.4. The largest absolute Gasteiger partial charge is 0.497 e. The van der Waals surface area contributed by atoms with E-state index in [4.69, 9.17) is 15.3 Å². The van der Waals surface area contributed by atoms with Gasteiger partial charge >= 0.3 is 0 Å². The molecule has 0 unspecified atom stereocenters. The summed E-state index contributed by atoms with van der Waals surface area (Å²) in [6, 6.07) is 13.8. The third-order valence-corrected chi connectivity index (χ3v) is 3.06. The van der Waals surface area contributed by atoms with Gasteiger partial charge in [-0.1, -0.05) is 0 Å². The third-order valence-electron chi connectivity index (χ3n) is 3.06. The molecule has 0 aliphatic rings. The van der Waals surface area contributed by atoms with Crippen molar-refractivity contribution in [1.82, 2.24) is 0 Å². The molecule has 0 saturated carbocycles. The van der Waals surface area contributed by atoms with Crippen LogP contribution in [0, 0.1) is 0 Å². The second-order valence-corrected chi connectivity index (χ2v) is 4.26. The van der Waals surface area contributed by atoms with Crippen LogP contribution in [0.2, 0.25) is 0 Å². The van der Waals surface area contributed by atoms with Gasteiger partial charge in [0.2, 0.25) is 5.78 Å². The van der Waals surface area contributed by atoms with Gasteiger partial charge in [-0.25, -0.2) is 0 Å². The number of carbonyl (C=O) groups is 1. The summed E-state index contributed by atoms with van der Waals surface area (Å²) in [6.45, 7) is 0. The van der Waals surface area contributed by atoms with Crippen molar-refractivity contribution in [2.24, 2.45) is 10.9 Å². The number of ether oxygens (including phenoxy) is 2. The number of rotatable bonds is 5.